The molecule has 2 aromatic carbocycles. The Morgan fingerprint density at radius 2 is 1.81 bits per heavy atom. The van der Waals surface area contributed by atoms with Crippen LogP contribution in [0.25, 0.3) is 11.4 Å². The normalized spacial score (nSPS) is 10.7. The number of aromatic amines is 1. The molecule has 0 saturated heterocycles. The first-order valence-electron chi connectivity index (χ1n) is 8.57. The Kier molecular flexibility index (Phi) is 5.73. The van der Waals surface area contributed by atoms with Crippen molar-refractivity contribution in [3.05, 3.63) is 59.2 Å². The zero-order valence-corrected chi connectivity index (χ0v) is 16.0. The number of carbonyl (C=O) groups excluding carboxylic acids is 1. The van der Waals surface area contributed by atoms with Gasteiger partial charge in [-0.15, -0.1) is 5.10 Å². The van der Waals surface area contributed by atoms with Crippen LogP contribution >= 0.6 is 11.8 Å². The second-order valence-corrected chi connectivity index (χ2v) is 7.06. The van der Waals surface area contributed by atoms with Crippen LogP contribution in [0, 0.1) is 13.8 Å². The Morgan fingerprint density at radius 1 is 1.12 bits per heavy atom. The van der Waals surface area contributed by atoms with E-state index in [4.69, 9.17) is 0 Å². The lowest BCUT2D eigenvalue weighted by Gasteiger charge is -2.10. The second kappa shape index (κ2) is 8.19. The Bertz CT molecular complexity index is 882. The zero-order valence-electron chi connectivity index (χ0n) is 15.2. The number of aryl methyl sites for hydroxylation is 3. The van der Waals surface area contributed by atoms with E-state index in [-0.39, 0.29) is 11.7 Å². The first-order valence-corrected chi connectivity index (χ1v) is 9.56. The second-order valence-electron chi connectivity index (χ2n) is 6.12. The molecule has 1 heterocycles. The molecule has 0 spiro atoms. The van der Waals surface area contributed by atoms with Crippen molar-refractivity contribution in [1.29, 1.82) is 0 Å². The number of nitrogens with one attached hydrogen (secondary N) is 2. The topological polar surface area (TPSA) is 70.7 Å². The number of hydrogen-bond acceptors (Lipinski definition) is 4. The van der Waals surface area contributed by atoms with Crippen LogP contribution in [0.4, 0.5) is 5.69 Å². The first-order chi connectivity index (χ1) is 12.6. The molecule has 134 valence electrons. The number of hydrogen-bond donors (Lipinski definition) is 2. The van der Waals surface area contributed by atoms with E-state index in [1.54, 1.807) is 0 Å². The average molecular weight is 366 g/mol. The van der Waals surface area contributed by atoms with Crippen molar-refractivity contribution < 1.29 is 4.79 Å². The van der Waals surface area contributed by atoms with Gasteiger partial charge in [0.05, 0.1) is 5.75 Å². The number of para-hydroxylation sites is 1. The molecule has 0 fully saturated rings. The molecule has 3 aromatic rings. The highest BCUT2D eigenvalue weighted by Crippen LogP contribution is 2.22. The van der Waals surface area contributed by atoms with E-state index in [0.29, 0.717) is 11.0 Å². The molecule has 2 N–H and O–H groups in total. The molecule has 0 aliphatic heterocycles. The summed E-state index contributed by atoms with van der Waals surface area (Å²) >= 11 is 1.32. The van der Waals surface area contributed by atoms with Gasteiger partial charge in [-0.25, -0.2) is 4.98 Å². The highest BCUT2D eigenvalue weighted by atomic mass is 32.2. The van der Waals surface area contributed by atoms with E-state index < -0.39 is 0 Å². The average Bonchev–Trinajstić information content (AvgIpc) is 3.12. The van der Waals surface area contributed by atoms with Gasteiger partial charge in [-0.3, -0.25) is 9.89 Å². The molecule has 26 heavy (non-hydrogen) atoms. The van der Waals surface area contributed by atoms with Crippen LogP contribution in [0.5, 0.6) is 0 Å². The van der Waals surface area contributed by atoms with Crippen LogP contribution in [0.3, 0.4) is 0 Å². The third-order valence-corrected chi connectivity index (χ3v) is 5.03. The third-order valence-electron chi connectivity index (χ3n) is 4.18. The Labute approximate surface area is 157 Å². The maximum atomic E-state index is 12.2. The minimum Gasteiger partial charge on any atom is -0.325 e. The van der Waals surface area contributed by atoms with Crippen molar-refractivity contribution in [2.75, 3.05) is 11.1 Å². The summed E-state index contributed by atoms with van der Waals surface area (Å²) in [4.78, 5) is 16.7. The summed E-state index contributed by atoms with van der Waals surface area (Å²) in [5.74, 6) is 0.913. The fraction of sp³-hybridized carbons (Fsp3) is 0.250. The summed E-state index contributed by atoms with van der Waals surface area (Å²) < 4.78 is 0. The highest BCUT2D eigenvalue weighted by Gasteiger charge is 2.11. The van der Waals surface area contributed by atoms with Gasteiger partial charge in [0, 0.05) is 11.3 Å². The Hall–Kier alpha value is -2.60. The van der Waals surface area contributed by atoms with Gasteiger partial charge < -0.3 is 5.32 Å². The van der Waals surface area contributed by atoms with Gasteiger partial charge in [0.15, 0.2) is 5.82 Å². The predicted octanol–water partition coefficient (Wildman–Crippen LogP) is 4.38. The molecule has 3 rings (SSSR count). The number of thioether (sulfide) groups is 1. The lowest BCUT2D eigenvalue weighted by Crippen LogP contribution is -2.15. The molecule has 0 unspecified atom stereocenters. The number of benzene rings is 2. The van der Waals surface area contributed by atoms with E-state index in [2.05, 4.69) is 39.6 Å². The van der Waals surface area contributed by atoms with Gasteiger partial charge in [-0.2, -0.15) is 0 Å². The summed E-state index contributed by atoms with van der Waals surface area (Å²) in [6, 6.07) is 14.2. The van der Waals surface area contributed by atoms with E-state index in [1.807, 2.05) is 44.2 Å². The zero-order chi connectivity index (χ0) is 18.5. The smallest absolute Gasteiger partial charge is 0.234 e. The fourth-order valence-electron chi connectivity index (χ4n) is 2.66. The number of amides is 1. The lowest BCUT2D eigenvalue weighted by atomic mass is 10.1. The van der Waals surface area contributed by atoms with Crippen LogP contribution in [0.2, 0.25) is 0 Å². The van der Waals surface area contributed by atoms with Crippen LogP contribution in [-0.4, -0.2) is 26.8 Å². The number of nitrogens with zero attached hydrogens (tertiary/aromatic N) is 2. The quantitative estimate of drug-likeness (QED) is 0.635. The summed E-state index contributed by atoms with van der Waals surface area (Å²) in [5.41, 5.74) is 5.26. The molecular weight excluding hydrogens is 344 g/mol. The monoisotopic (exact) mass is 366 g/mol. The van der Waals surface area contributed by atoms with Gasteiger partial charge in [0.2, 0.25) is 11.1 Å². The molecule has 0 aliphatic carbocycles. The molecule has 1 aromatic heterocycles. The largest absolute Gasteiger partial charge is 0.325 e. The molecule has 6 heteroatoms. The molecule has 1 amide bonds. The Morgan fingerprint density at radius 3 is 2.46 bits per heavy atom. The van der Waals surface area contributed by atoms with Crippen LogP contribution in [0.15, 0.2) is 47.6 Å². The van der Waals surface area contributed by atoms with Crippen LogP contribution in [0.1, 0.15) is 23.6 Å². The minimum absolute atomic E-state index is 0.0638. The summed E-state index contributed by atoms with van der Waals surface area (Å²) in [6.45, 7) is 6.10. The molecule has 5 nitrogen and oxygen atoms in total. The number of aromatic nitrogens is 3. The van der Waals surface area contributed by atoms with Crippen molar-refractivity contribution >= 4 is 23.4 Å². The van der Waals surface area contributed by atoms with Gasteiger partial charge in [0.25, 0.3) is 0 Å². The van der Waals surface area contributed by atoms with Gasteiger partial charge in [-0.05, 0) is 37.0 Å². The van der Waals surface area contributed by atoms with Crippen molar-refractivity contribution in [3.8, 4) is 11.4 Å². The molecule has 0 atom stereocenters. The maximum Gasteiger partial charge on any atom is 0.234 e. The standard InChI is InChI=1S/C20H22N4OS/c1-4-15-8-10-16(11-9-15)19-22-20(24-23-19)26-12-17(25)21-18-13(2)6-5-7-14(18)3/h5-11H,4,12H2,1-3H3,(H,21,25)(H,22,23,24). The summed E-state index contributed by atoms with van der Waals surface area (Å²) in [5, 5.41) is 10.7. The number of carbonyl (C=O) groups is 1. The number of rotatable bonds is 6. The van der Waals surface area contributed by atoms with Gasteiger partial charge in [-0.1, -0.05) is 61.2 Å². The molecule has 0 aliphatic rings. The molecule has 0 bridgehead atoms. The minimum atomic E-state index is -0.0638. The van der Waals surface area contributed by atoms with E-state index >= 15 is 0 Å². The van der Waals surface area contributed by atoms with E-state index in [9.17, 15) is 4.79 Å². The van der Waals surface area contributed by atoms with E-state index in [1.165, 1.54) is 17.3 Å². The Balaban J connectivity index is 1.60. The highest BCUT2D eigenvalue weighted by molar-refractivity contribution is 7.99. The molecule has 0 saturated carbocycles. The van der Waals surface area contributed by atoms with Gasteiger partial charge >= 0.3 is 0 Å². The maximum absolute atomic E-state index is 12.2. The molecule has 0 radical (unpaired) electrons. The van der Waals surface area contributed by atoms with E-state index in [0.717, 1.165) is 28.8 Å². The third kappa shape index (κ3) is 4.32. The van der Waals surface area contributed by atoms with Crippen molar-refractivity contribution in [2.24, 2.45) is 0 Å². The number of H-pyrrole nitrogens is 1. The fourth-order valence-corrected chi connectivity index (χ4v) is 3.25. The van der Waals surface area contributed by atoms with Crippen LogP contribution < -0.4 is 5.32 Å². The van der Waals surface area contributed by atoms with Crippen molar-refractivity contribution in [2.45, 2.75) is 32.3 Å². The van der Waals surface area contributed by atoms with Crippen molar-refractivity contribution in [1.82, 2.24) is 15.2 Å². The SMILES string of the molecule is CCc1ccc(-c2nc(SCC(=O)Nc3c(C)cccc3C)n[nH]2)cc1. The summed E-state index contributed by atoms with van der Waals surface area (Å²) in [6.07, 6.45) is 1.01. The van der Waals surface area contributed by atoms with Crippen LogP contribution in [-0.2, 0) is 11.2 Å². The lowest BCUT2D eigenvalue weighted by molar-refractivity contribution is -0.113. The summed E-state index contributed by atoms with van der Waals surface area (Å²) in [7, 11) is 0. The predicted molar refractivity (Wildman–Crippen MR) is 106 cm³/mol. The number of anilines is 1. The van der Waals surface area contributed by atoms with Crippen molar-refractivity contribution in [3.63, 3.8) is 0 Å². The molecular formula is C20H22N4OS. The van der Waals surface area contributed by atoms with Gasteiger partial charge in [0.1, 0.15) is 0 Å². The first kappa shape index (κ1) is 18.2.